The van der Waals surface area contributed by atoms with Crippen LogP contribution in [0.25, 0.3) is 0 Å². The minimum Gasteiger partial charge on any atom is -0.399 e. The van der Waals surface area contributed by atoms with Crippen molar-refractivity contribution in [1.82, 2.24) is 0 Å². The number of sulfonamides is 1. The van der Waals surface area contributed by atoms with E-state index in [1.165, 1.54) is 17.2 Å². The summed E-state index contributed by atoms with van der Waals surface area (Å²) in [4.78, 5) is 0.231. The van der Waals surface area contributed by atoms with Gasteiger partial charge >= 0.3 is 0 Å². The molecule has 4 nitrogen and oxygen atoms in total. The number of nitrogen functional groups attached to an aromatic ring is 1. The van der Waals surface area contributed by atoms with Gasteiger partial charge in [0.15, 0.2) is 0 Å². The molecule has 0 atom stereocenters. The first-order chi connectivity index (χ1) is 9.95. The summed E-state index contributed by atoms with van der Waals surface area (Å²) in [6.45, 7) is 1.80. The van der Waals surface area contributed by atoms with Gasteiger partial charge in [0.2, 0.25) is 0 Å². The maximum absolute atomic E-state index is 12.4. The van der Waals surface area contributed by atoms with E-state index in [-0.39, 0.29) is 4.90 Å². The number of benzene rings is 2. The summed E-state index contributed by atoms with van der Waals surface area (Å²) >= 11 is 0. The van der Waals surface area contributed by atoms with Crippen LogP contribution in [0.1, 0.15) is 23.1 Å². The van der Waals surface area contributed by atoms with Crippen LogP contribution in [0.15, 0.2) is 41.3 Å². The molecule has 0 heterocycles. The van der Waals surface area contributed by atoms with Crippen LogP contribution < -0.4 is 10.5 Å². The van der Waals surface area contributed by atoms with Gasteiger partial charge in [0.25, 0.3) is 10.0 Å². The van der Waals surface area contributed by atoms with Crippen molar-refractivity contribution in [3.63, 3.8) is 0 Å². The third kappa shape index (κ3) is 2.74. The minimum atomic E-state index is -3.58. The highest BCUT2D eigenvalue weighted by molar-refractivity contribution is 7.92. The van der Waals surface area contributed by atoms with E-state index < -0.39 is 10.0 Å². The lowest BCUT2D eigenvalue weighted by atomic mass is 10.1. The monoisotopic (exact) mass is 302 g/mol. The van der Waals surface area contributed by atoms with Crippen LogP contribution in [0.2, 0.25) is 0 Å². The highest BCUT2D eigenvalue weighted by atomic mass is 32.2. The van der Waals surface area contributed by atoms with Gasteiger partial charge in [-0.1, -0.05) is 6.07 Å². The molecule has 3 N–H and O–H groups in total. The summed E-state index contributed by atoms with van der Waals surface area (Å²) in [6.07, 6.45) is 3.24. The molecule has 3 rings (SSSR count). The van der Waals surface area contributed by atoms with Gasteiger partial charge in [-0.25, -0.2) is 8.42 Å². The normalized spacial score (nSPS) is 14.0. The molecule has 0 fully saturated rings. The summed E-state index contributed by atoms with van der Waals surface area (Å²) in [5.74, 6) is 0. The molecule has 0 aromatic heterocycles. The Hall–Kier alpha value is -2.01. The number of nitrogens with two attached hydrogens (primary N) is 1. The van der Waals surface area contributed by atoms with Crippen LogP contribution in [0.5, 0.6) is 0 Å². The van der Waals surface area contributed by atoms with E-state index in [1.54, 1.807) is 19.1 Å². The Kier molecular flexibility index (Phi) is 3.37. The first-order valence-corrected chi connectivity index (χ1v) is 8.45. The first-order valence-electron chi connectivity index (χ1n) is 6.96. The third-order valence-corrected chi connectivity index (χ3v) is 5.28. The Morgan fingerprint density at radius 1 is 1.05 bits per heavy atom. The lowest BCUT2D eigenvalue weighted by molar-refractivity contribution is 0.601. The zero-order valence-corrected chi connectivity index (χ0v) is 12.7. The van der Waals surface area contributed by atoms with E-state index in [2.05, 4.69) is 4.72 Å². The van der Waals surface area contributed by atoms with Gasteiger partial charge in [0.1, 0.15) is 0 Å². The topological polar surface area (TPSA) is 72.2 Å². The van der Waals surface area contributed by atoms with E-state index in [0.29, 0.717) is 11.4 Å². The molecule has 0 aliphatic heterocycles. The molecule has 110 valence electrons. The minimum absolute atomic E-state index is 0.231. The molecule has 21 heavy (non-hydrogen) atoms. The number of hydrogen-bond donors (Lipinski definition) is 2. The lowest BCUT2D eigenvalue weighted by Crippen LogP contribution is -2.13. The smallest absolute Gasteiger partial charge is 0.261 e. The van der Waals surface area contributed by atoms with Gasteiger partial charge in [-0.15, -0.1) is 0 Å². The molecule has 0 saturated carbocycles. The Balaban J connectivity index is 1.90. The van der Waals surface area contributed by atoms with E-state index in [1.807, 2.05) is 18.2 Å². The number of anilines is 2. The predicted molar refractivity (Wildman–Crippen MR) is 84.9 cm³/mol. The van der Waals surface area contributed by atoms with Gasteiger partial charge in [-0.3, -0.25) is 4.72 Å². The number of rotatable bonds is 3. The van der Waals surface area contributed by atoms with E-state index >= 15 is 0 Å². The molecule has 1 aliphatic carbocycles. The molecule has 1 aliphatic rings. The molecular weight excluding hydrogens is 284 g/mol. The van der Waals surface area contributed by atoms with Crippen LogP contribution >= 0.6 is 0 Å². The van der Waals surface area contributed by atoms with Crippen molar-refractivity contribution in [2.24, 2.45) is 0 Å². The molecule has 0 bridgehead atoms. The number of aryl methyl sites for hydroxylation is 3. The second-order valence-corrected chi connectivity index (χ2v) is 7.14. The Morgan fingerprint density at radius 2 is 1.81 bits per heavy atom. The molecule has 0 unspecified atom stereocenters. The molecule has 5 heteroatoms. The van der Waals surface area contributed by atoms with Crippen molar-refractivity contribution in [2.75, 3.05) is 10.5 Å². The standard InChI is InChI=1S/C16H18N2O2S/c1-11-9-15(7-8-16(11)17)21(19,20)18-14-6-5-12-3-2-4-13(12)10-14/h5-10,18H,2-4,17H2,1H3. The highest BCUT2D eigenvalue weighted by Gasteiger charge is 2.17. The Labute approximate surface area is 125 Å². The second-order valence-electron chi connectivity index (χ2n) is 5.46. The van der Waals surface area contributed by atoms with Crippen molar-refractivity contribution in [3.05, 3.63) is 53.1 Å². The van der Waals surface area contributed by atoms with Crippen molar-refractivity contribution in [2.45, 2.75) is 31.1 Å². The van der Waals surface area contributed by atoms with E-state index in [4.69, 9.17) is 5.73 Å². The summed E-state index contributed by atoms with van der Waals surface area (Å²) in [5.41, 5.74) is 10.3. The van der Waals surface area contributed by atoms with Crippen LogP contribution in [0.3, 0.4) is 0 Å². The van der Waals surface area contributed by atoms with Gasteiger partial charge in [-0.2, -0.15) is 0 Å². The fourth-order valence-corrected chi connectivity index (χ4v) is 3.80. The van der Waals surface area contributed by atoms with E-state index in [0.717, 1.165) is 24.8 Å². The van der Waals surface area contributed by atoms with Crippen LogP contribution in [-0.2, 0) is 22.9 Å². The number of nitrogens with one attached hydrogen (secondary N) is 1. The number of hydrogen-bond acceptors (Lipinski definition) is 3. The van der Waals surface area contributed by atoms with Crippen molar-refractivity contribution >= 4 is 21.4 Å². The fourth-order valence-electron chi connectivity index (χ4n) is 2.66. The molecule has 0 amide bonds. The zero-order chi connectivity index (χ0) is 15.0. The quantitative estimate of drug-likeness (QED) is 0.856. The van der Waals surface area contributed by atoms with Crippen LogP contribution in [-0.4, -0.2) is 8.42 Å². The Bertz CT molecular complexity index is 798. The Morgan fingerprint density at radius 3 is 2.57 bits per heavy atom. The molecule has 0 saturated heterocycles. The molecule has 0 spiro atoms. The van der Waals surface area contributed by atoms with Gasteiger partial charge in [0, 0.05) is 11.4 Å². The van der Waals surface area contributed by atoms with Gasteiger partial charge in [0.05, 0.1) is 4.90 Å². The van der Waals surface area contributed by atoms with Gasteiger partial charge < -0.3 is 5.73 Å². The fraction of sp³-hybridized carbons (Fsp3) is 0.250. The van der Waals surface area contributed by atoms with Gasteiger partial charge in [-0.05, 0) is 73.2 Å². The third-order valence-electron chi connectivity index (χ3n) is 3.90. The second kappa shape index (κ2) is 5.07. The summed E-state index contributed by atoms with van der Waals surface area (Å²) in [7, 11) is -3.58. The molecule has 2 aromatic carbocycles. The van der Waals surface area contributed by atoms with Crippen LogP contribution in [0.4, 0.5) is 11.4 Å². The SMILES string of the molecule is Cc1cc(S(=O)(=O)Nc2ccc3c(c2)CCC3)ccc1N. The molecule has 2 aromatic rings. The summed E-state index contributed by atoms with van der Waals surface area (Å²) < 4.78 is 27.5. The average Bonchev–Trinajstić information content (AvgIpc) is 2.88. The molecule has 0 radical (unpaired) electrons. The van der Waals surface area contributed by atoms with Crippen molar-refractivity contribution < 1.29 is 8.42 Å². The predicted octanol–water partition coefficient (Wildman–Crippen LogP) is 2.87. The first kappa shape index (κ1) is 13.9. The number of fused-ring (bicyclic) bond motifs is 1. The molecular formula is C16H18N2O2S. The lowest BCUT2D eigenvalue weighted by Gasteiger charge is -2.11. The highest BCUT2D eigenvalue weighted by Crippen LogP contribution is 2.26. The van der Waals surface area contributed by atoms with Crippen molar-refractivity contribution in [1.29, 1.82) is 0 Å². The summed E-state index contributed by atoms with van der Waals surface area (Å²) in [5, 5.41) is 0. The van der Waals surface area contributed by atoms with E-state index in [9.17, 15) is 8.42 Å². The maximum atomic E-state index is 12.4. The largest absolute Gasteiger partial charge is 0.399 e. The average molecular weight is 302 g/mol. The van der Waals surface area contributed by atoms with Crippen molar-refractivity contribution in [3.8, 4) is 0 Å². The van der Waals surface area contributed by atoms with Crippen LogP contribution in [0, 0.1) is 6.92 Å². The summed E-state index contributed by atoms with van der Waals surface area (Å²) in [6, 6.07) is 10.5. The maximum Gasteiger partial charge on any atom is 0.261 e. The zero-order valence-electron chi connectivity index (χ0n) is 11.9.